The Kier molecular flexibility index (Phi) is 4.65. The van der Waals surface area contributed by atoms with E-state index in [1.165, 1.54) is 6.07 Å². The van der Waals surface area contributed by atoms with Crippen LogP contribution in [-0.2, 0) is 4.74 Å². The number of benzene rings is 2. The van der Waals surface area contributed by atoms with Crippen LogP contribution in [0.1, 0.15) is 20.8 Å². The van der Waals surface area contributed by atoms with Gasteiger partial charge in [-0.05, 0) is 18.2 Å². The van der Waals surface area contributed by atoms with Crippen LogP contribution in [0.2, 0.25) is 0 Å². The van der Waals surface area contributed by atoms with Crippen molar-refractivity contribution in [2.24, 2.45) is 0 Å². The Bertz CT molecular complexity index is 923. The van der Waals surface area contributed by atoms with Gasteiger partial charge >= 0.3 is 5.97 Å². The third-order valence-corrected chi connectivity index (χ3v) is 3.43. The Hall–Kier alpha value is -3.35. The normalized spacial score (nSPS) is 10.5. The Morgan fingerprint density at radius 3 is 2.52 bits per heavy atom. The SMILES string of the molecule is O=C(OCC(=O)c1ccc(F)cc1F)c1cc(-c2ccccc2)n[nH]1. The molecule has 25 heavy (non-hydrogen) atoms. The highest BCUT2D eigenvalue weighted by Gasteiger charge is 2.17. The maximum atomic E-state index is 13.5. The smallest absolute Gasteiger partial charge is 0.356 e. The average molecular weight is 342 g/mol. The van der Waals surface area contributed by atoms with Gasteiger partial charge in [0, 0.05) is 11.6 Å². The minimum Gasteiger partial charge on any atom is -0.453 e. The highest BCUT2D eigenvalue weighted by Crippen LogP contribution is 2.17. The van der Waals surface area contributed by atoms with Crippen molar-refractivity contribution in [2.75, 3.05) is 6.61 Å². The lowest BCUT2D eigenvalue weighted by atomic mass is 10.1. The lowest BCUT2D eigenvalue weighted by Gasteiger charge is -2.04. The van der Waals surface area contributed by atoms with Crippen LogP contribution in [-0.4, -0.2) is 28.6 Å². The van der Waals surface area contributed by atoms with E-state index in [-0.39, 0.29) is 11.3 Å². The first-order valence-corrected chi connectivity index (χ1v) is 7.31. The fraction of sp³-hybridized carbons (Fsp3) is 0.0556. The van der Waals surface area contributed by atoms with E-state index in [2.05, 4.69) is 10.2 Å². The van der Waals surface area contributed by atoms with Crippen molar-refractivity contribution in [1.29, 1.82) is 0 Å². The number of carbonyl (C=O) groups excluding carboxylic acids is 2. The second kappa shape index (κ2) is 7.04. The second-order valence-corrected chi connectivity index (χ2v) is 5.16. The van der Waals surface area contributed by atoms with Crippen LogP contribution in [0.5, 0.6) is 0 Å². The van der Waals surface area contributed by atoms with Gasteiger partial charge in [-0.15, -0.1) is 0 Å². The number of ether oxygens (including phenoxy) is 1. The summed E-state index contributed by atoms with van der Waals surface area (Å²) in [7, 11) is 0. The van der Waals surface area contributed by atoms with Crippen LogP contribution in [0.4, 0.5) is 8.78 Å². The van der Waals surface area contributed by atoms with E-state index in [1.54, 1.807) is 0 Å². The molecule has 0 radical (unpaired) electrons. The number of nitrogens with one attached hydrogen (secondary N) is 1. The molecule has 1 heterocycles. The molecule has 7 heteroatoms. The molecule has 0 amide bonds. The number of carbonyl (C=O) groups is 2. The summed E-state index contributed by atoms with van der Waals surface area (Å²) in [5.74, 6) is -3.37. The Labute approximate surface area is 141 Å². The van der Waals surface area contributed by atoms with Gasteiger partial charge in [-0.3, -0.25) is 9.89 Å². The first kappa shape index (κ1) is 16.5. The summed E-state index contributed by atoms with van der Waals surface area (Å²) in [5, 5.41) is 6.53. The van der Waals surface area contributed by atoms with Crippen molar-refractivity contribution in [1.82, 2.24) is 10.2 Å². The first-order chi connectivity index (χ1) is 12.0. The fourth-order valence-corrected chi connectivity index (χ4v) is 2.19. The summed E-state index contributed by atoms with van der Waals surface area (Å²) in [6.07, 6.45) is 0. The van der Waals surface area contributed by atoms with Crippen LogP contribution in [0.15, 0.2) is 54.6 Å². The third kappa shape index (κ3) is 3.77. The molecule has 0 bridgehead atoms. The molecule has 0 spiro atoms. The van der Waals surface area contributed by atoms with Gasteiger partial charge in [0.05, 0.1) is 11.3 Å². The van der Waals surface area contributed by atoms with Crippen LogP contribution in [0, 0.1) is 11.6 Å². The molecule has 0 aliphatic rings. The van der Waals surface area contributed by atoms with Gasteiger partial charge in [-0.2, -0.15) is 5.10 Å². The largest absolute Gasteiger partial charge is 0.453 e. The number of ketones is 1. The molecular weight excluding hydrogens is 330 g/mol. The van der Waals surface area contributed by atoms with Crippen molar-refractivity contribution in [3.8, 4) is 11.3 Å². The number of halogens is 2. The van der Waals surface area contributed by atoms with Gasteiger partial charge in [0.1, 0.15) is 17.3 Å². The summed E-state index contributed by atoms with van der Waals surface area (Å²) in [5.41, 5.74) is 1.07. The molecule has 5 nitrogen and oxygen atoms in total. The molecule has 0 atom stereocenters. The van der Waals surface area contributed by atoms with Gasteiger partial charge in [-0.25, -0.2) is 13.6 Å². The van der Waals surface area contributed by atoms with Crippen molar-refractivity contribution in [3.05, 3.63) is 77.5 Å². The van der Waals surface area contributed by atoms with Crippen LogP contribution in [0.3, 0.4) is 0 Å². The highest BCUT2D eigenvalue weighted by molar-refractivity contribution is 5.99. The molecule has 1 aromatic heterocycles. The lowest BCUT2D eigenvalue weighted by Crippen LogP contribution is -2.15. The highest BCUT2D eigenvalue weighted by atomic mass is 19.1. The summed E-state index contributed by atoms with van der Waals surface area (Å²) in [6.45, 7) is -0.666. The molecule has 126 valence electrons. The van der Waals surface area contributed by atoms with Gasteiger partial charge < -0.3 is 4.74 Å². The van der Waals surface area contributed by atoms with E-state index in [9.17, 15) is 18.4 Å². The van der Waals surface area contributed by atoms with Crippen molar-refractivity contribution < 1.29 is 23.1 Å². The van der Waals surface area contributed by atoms with Crippen LogP contribution < -0.4 is 0 Å². The number of hydrogen-bond acceptors (Lipinski definition) is 4. The van der Waals surface area contributed by atoms with E-state index in [1.807, 2.05) is 30.3 Å². The lowest BCUT2D eigenvalue weighted by molar-refractivity contribution is 0.0467. The number of aromatic amines is 1. The zero-order chi connectivity index (χ0) is 17.8. The summed E-state index contributed by atoms with van der Waals surface area (Å²) in [4.78, 5) is 23.8. The molecule has 1 N–H and O–H groups in total. The topological polar surface area (TPSA) is 72.1 Å². The molecule has 0 saturated carbocycles. The number of hydrogen-bond donors (Lipinski definition) is 1. The van der Waals surface area contributed by atoms with E-state index in [4.69, 9.17) is 4.74 Å². The Morgan fingerprint density at radius 1 is 1.04 bits per heavy atom. The molecule has 0 unspecified atom stereocenters. The molecule has 0 saturated heterocycles. The summed E-state index contributed by atoms with van der Waals surface area (Å²) in [6, 6.07) is 13.2. The standard InChI is InChI=1S/C18H12F2N2O3/c19-12-6-7-13(14(20)8-12)17(23)10-25-18(24)16-9-15(21-22-16)11-4-2-1-3-5-11/h1-9H,10H2,(H,21,22). The number of Topliss-reactive ketones (excluding diaryl/α,β-unsaturated/α-hetero) is 1. The number of rotatable bonds is 5. The van der Waals surface area contributed by atoms with Crippen molar-refractivity contribution in [3.63, 3.8) is 0 Å². The molecule has 0 aliphatic heterocycles. The van der Waals surface area contributed by atoms with Gasteiger partial charge in [0.2, 0.25) is 5.78 Å². The predicted octanol–water partition coefficient (Wildman–Crippen LogP) is 3.39. The minimum atomic E-state index is -1.01. The quantitative estimate of drug-likeness (QED) is 0.570. The number of esters is 1. The fourth-order valence-electron chi connectivity index (χ4n) is 2.19. The van der Waals surface area contributed by atoms with E-state index >= 15 is 0 Å². The molecule has 2 aromatic carbocycles. The third-order valence-electron chi connectivity index (χ3n) is 3.43. The van der Waals surface area contributed by atoms with E-state index < -0.39 is 30.0 Å². The molecule has 3 aromatic rings. The predicted molar refractivity (Wildman–Crippen MR) is 85.0 cm³/mol. The zero-order valence-corrected chi connectivity index (χ0v) is 12.8. The zero-order valence-electron chi connectivity index (χ0n) is 12.8. The molecular formula is C18H12F2N2O3. The average Bonchev–Trinajstić information content (AvgIpc) is 3.10. The minimum absolute atomic E-state index is 0.0613. The Morgan fingerprint density at radius 2 is 1.80 bits per heavy atom. The summed E-state index contributed by atoms with van der Waals surface area (Å²) < 4.78 is 31.2. The molecule has 0 fully saturated rings. The maximum Gasteiger partial charge on any atom is 0.356 e. The molecule has 3 rings (SSSR count). The van der Waals surface area contributed by atoms with Crippen LogP contribution in [0.25, 0.3) is 11.3 Å². The van der Waals surface area contributed by atoms with Crippen molar-refractivity contribution >= 4 is 11.8 Å². The second-order valence-electron chi connectivity index (χ2n) is 5.16. The van der Waals surface area contributed by atoms with Gasteiger partial charge in [0.15, 0.2) is 6.61 Å². The van der Waals surface area contributed by atoms with Gasteiger partial charge in [-0.1, -0.05) is 30.3 Å². The van der Waals surface area contributed by atoms with Crippen LogP contribution >= 0.6 is 0 Å². The maximum absolute atomic E-state index is 13.5. The van der Waals surface area contributed by atoms with E-state index in [0.717, 1.165) is 17.7 Å². The number of nitrogens with zero attached hydrogens (tertiary/aromatic N) is 1. The Balaban J connectivity index is 1.65. The molecule has 0 aliphatic carbocycles. The summed E-state index contributed by atoms with van der Waals surface area (Å²) >= 11 is 0. The van der Waals surface area contributed by atoms with Gasteiger partial charge in [0.25, 0.3) is 0 Å². The van der Waals surface area contributed by atoms with Crippen molar-refractivity contribution in [2.45, 2.75) is 0 Å². The first-order valence-electron chi connectivity index (χ1n) is 7.31. The van der Waals surface area contributed by atoms with E-state index in [0.29, 0.717) is 11.8 Å². The number of H-pyrrole nitrogens is 1. The number of aromatic nitrogens is 2. The monoisotopic (exact) mass is 342 g/mol.